The van der Waals surface area contributed by atoms with Gasteiger partial charge >= 0.3 is 0 Å². The van der Waals surface area contributed by atoms with Gasteiger partial charge in [-0.25, -0.2) is 0 Å². The van der Waals surface area contributed by atoms with E-state index in [-0.39, 0.29) is 5.60 Å². The highest BCUT2D eigenvalue weighted by atomic mass is 16.5. The van der Waals surface area contributed by atoms with Gasteiger partial charge in [0.25, 0.3) is 0 Å². The van der Waals surface area contributed by atoms with Crippen LogP contribution in [0, 0.1) is 0 Å². The quantitative estimate of drug-likeness (QED) is 0.866. The summed E-state index contributed by atoms with van der Waals surface area (Å²) in [6.45, 7) is 7.39. The molecule has 18 heavy (non-hydrogen) atoms. The molecular weight excluding hydrogens is 224 g/mol. The third kappa shape index (κ3) is 2.25. The molecule has 2 aliphatic heterocycles. The third-order valence-corrected chi connectivity index (χ3v) is 3.88. The van der Waals surface area contributed by atoms with Crippen LogP contribution in [0.2, 0.25) is 0 Å². The van der Waals surface area contributed by atoms with Crippen molar-refractivity contribution in [3.05, 3.63) is 29.3 Å². The van der Waals surface area contributed by atoms with Crippen LogP contribution in [0.4, 0.5) is 0 Å². The van der Waals surface area contributed by atoms with Crippen molar-refractivity contribution in [1.82, 2.24) is 4.90 Å². The molecule has 3 nitrogen and oxygen atoms in total. The fourth-order valence-corrected chi connectivity index (χ4v) is 3.05. The van der Waals surface area contributed by atoms with Crippen molar-refractivity contribution in [3.8, 4) is 5.75 Å². The zero-order valence-corrected chi connectivity index (χ0v) is 11.3. The highest BCUT2D eigenvalue weighted by molar-refractivity contribution is 5.45. The summed E-state index contributed by atoms with van der Waals surface area (Å²) in [6, 6.07) is 6.86. The van der Waals surface area contributed by atoms with Crippen molar-refractivity contribution in [1.29, 1.82) is 0 Å². The van der Waals surface area contributed by atoms with E-state index in [1.807, 2.05) is 0 Å². The maximum atomic E-state index is 6.10. The second kappa shape index (κ2) is 4.25. The zero-order valence-electron chi connectivity index (χ0n) is 11.3. The Labute approximate surface area is 109 Å². The topological polar surface area (TPSA) is 38.5 Å². The van der Waals surface area contributed by atoms with Crippen LogP contribution >= 0.6 is 0 Å². The third-order valence-electron chi connectivity index (χ3n) is 3.88. The number of nitrogens with two attached hydrogens (primary N) is 1. The first-order valence-electron chi connectivity index (χ1n) is 6.81. The Bertz CT molecular complexity index is 456. The Hall–Kier alpha value is -1.06. The molecule has 98 valence electrons. The van der Waals surface area contributed by atoms with Crippen molar-refractivity contribution >= 4 is 0 Å². The minimum absolute atomic E-state index is 0.0557. The number of fused-ring (bicyclic) bond motifs is 1. The summed E-state index contributed by atoms with van der Waals surface area (Å²) >= 11 is 0. The van der Waals surface area contributed by atoms with Gasteiger partial charge in [-0.3, -0.25) is 4.90 Å². The molecular formula is C15H22N2O. The number of rotatable bonds is 2. The molecule has 0 bridgehead atoms. The van der Waals surface area contributed by atoms with Gasteiger partial charge in [0.1, 0.15) is 11.4 Å². The van der Waals surface area contributed by atoms with Crippen molar-refractivity contribution in [3.63, 3.8) is 0 Å². The number of likely N-dealkylation sites (tertiary alicyclic amines) is 1. The first kappa shape index (κ1) is 12.0. The largest absolute Gasteiger partial charge is 0.487 e. The summed E-state index contributed by atoms with van der Waals surface area (Å²) in [5.74, 6) is 1.11. The zero-order chi connectivity index (χ0) is 12.8. The Morgan fingerprint density at radius 3 is 3.00 bits per heavy atom. The molecule has 0 aromatic heterocycles. The monoisotopic (exact) mass is 246 g/mol. The smallest absolute Gasteiger partial charge is 0.127 e. The van der Waals surface area contributed by atoms with Crippen molar-refractivity contribution in [2.75, 3.05) is 13.1 Å². The number of hydrogen-bond donors (Lipinski definition) is 1. The molecule has 1 aromatic carbocycles. The Kier molecular flexibility index (Phi) is 2.83. The first-order chi connectivity index (χ1) is 8.53. The molecule has 1 saturated heterocycles. The molecule has 2 N–H and O–H groups in total. The predicted octanol–water partition coefficient (Wildman–Crippen LogP) is 1.93. The molecule has 3 rings (SSSR count). The van der Waals surface area contributed by atoms with E-state index in [1.165, 1.54) is 11.1 Å². The van der Waals surface area contributed by atoms with E-state index in [0.29, 0.717) is 6.04 Å². The van der Waals surface area contributed by atoms with Gasteiger partial charge in [0.15, 0.2) is 0 Å². The van der Waals surface area contributed by atoms with Crippen molar-refractivity contribution in [2.45, 2.75) is 44.9 Å². The highest BCUT2D eigenvalue weighted by Crippen LogP contribution is 2.38. The molecule has 3 heteroatoms. The highest BCUT2D eigenvalue weighted by Gasteiger charge is 2.32. The molecule has 1 fully saturated rings. The molecule has 0 spiro atoms. The van der Waals surface area contributed by atoms with Gasteiger partial charge in [0.2, 0.25) is 0 Å². The van der Waals surface area contributed by atoms with Crippen LogP contribution in [0.1, 0.15) is 31.4 Å². The second-order valence-electron chi connectivity index (χ2n) is 6.23. The SMILES string of the molecule is CC1(C)Cc2cccc(CN3CCC(N)C3)c2O1. The van der Waals surface area contributed by atoms with E-state index in [4.69, 9.17) is 10.5 Å². The Morgan fingerprint density at radius 2 is 2.28 bits per heavy atom. The molecule has 0 radical (unpaired) electrons. The van der Waals surface area contributed by atoms with Gasteiger partial charge in [0.05, 0.1) is 0 Å². The van der Waals surface area contributed by atoms with Crippen LogP contribution in [0.15, 0.2) is 18.2 Å². The lowest BCUT2D eigenvalue weighted by Crippen LogP contribution is -2.27. The summed E-state index contributed by atoms with van der Waals surface area (Å²) in [5, 5.41) is 0. The van der Waals surface area contributed by atoms with Gasteiger partial charge < -0.3 is 10.5 Å². The normalized spacial score (nSPS) is 26.1. The van der Waals surface area contributed by atoms with Gasteiger partial charge in [-0.05, 0) is 25.8 Å². The molecule has 1 aromatic rings. The van der Waals surface area contributed by atoms with Crippen molar-refractivity contribution < 1.29 is 4.74 Å². The average Bonchev–Trinajstić information content (AvgIpc) is 2.81. The van der Waals surface area contributed by atoms with Gasteiger partial charge in [0, 0.05) is 37.7 Å². The van der Waals surface area contributed by atoms with E-state index in [2.05, 4.69) is 36.9 Å². The minimum atomic E-state index is -0.0557. The van der Waals surface area contributed by atoms with E-state index in [1.54, 1.807) is 0 Å². The fourth-order valence-electron chi connectivity index (χ4n) is 3.05. The summed E-state index contributed by atoms with van der Waals surface area (Å²) in [7, 11) is 0. The lowest BCUT2D eigenvalue weighted by molar-refractivity contribution is 0.136. The van der Waals surface area contributed by atoms with Gasteiger partial charge in [-0.2, -0.15) is 0 Å². The molecule has 0 aliphatic carbocycles. The molecule has 1 atom stereocenters. The number of para-hydroxylation sites is 1. The van der Waals surface area contributed by atoms with Crippen LogP contribution in [-0.4, -0.2) is 29.6 Å². The van der Waals surface area contributed by atoms with Crippen LogP contribution in [0.3, 0.4) is 0 Å². The Morgan fingerprint density at radius 1 is 1.44 bits per heavy atom. The number of nitrogens with zero attached hydrogens (tertiary/aromatic N) is 1. The van der Waals surface area contributed by atoms with E-state index in [9.17, 15) is 0 Å². The maximum Gasteiger partial charge on any atom is 0.127 e. The van der Waals surface area contributed by atoms with Crippen LogP contribution in [0.5, 0.6) is 5.75 Å². The van der Waals surface area contributed by atoms with E-state index < -0.39 is 0 Å². The Balaban J connectivity index is 1.80. The van der Waals surface area contributed by atoms with Crippen LogP contribution in [-0.2, 0) is 13.0 Å². The lowest BCUT2D eigenvalue weighted by atomic mass is 10.0. The van der Waals surface area contributed by atoms with E-state index >= 15 is 0 Å². The van der Waals surface area contributed by atoms with Crippen LogP contribution in [0.25, 0.3) is 0 Å². The van der Waals surface area contributed by atoms with Crippen molar-refractivity contribution in [2.24, 2.45) is 5.73 Å². The first-order valence-corrected chi connectivity index (χ1v) is 6.81. The van der Waals surface area contributed by atoms with E-state index in [0.717, 1.165) is 38.2 Å². The fraction of sp³-hybridized carbons (Fsp3) is 0.600. The minimum Gasteiger partial charge on any atom is -0.487 e. The predicted molar refractivity (Wildman–Crippen MR) is 72.7 cm³/mol. The number of hydrogen-bond acceptors (Lipinski definition) is 3. The standard InChI is InChI=1S/C15H22N2O/c1-15(2)8-11-4-3-5-12(14(11)18-15)9-17-7-6-13(16)10-17/h3-5,13H,6-10,16H2,1-2H3. The molecule has 0 amide bonds. The second-order valence-corrected chi connectivity index (χ2v) is 6.23. The summed E-state index contributed by atoms with van der Waals surface area (Å²) in [6.07, 6.45) is 2.12. The maximum absolute atomic E-state index is 6.10. The lowest BCUT2D eigenvalue weighted by Gasteiger charge is -2.20. The summed E-state index contributed by atoms with van der Waals surface area (Å²) in [5.41, 5.74) is 8.57. The van der Waals surface area contributed by atoms with Gasteiger partial charge in [-0.1, -0.05) is 18.2 Å². The number of benzene rings is 1. The summed E-state index contributed by atoms with van der Waals surface area (Å²) < 4.78 is 6.10. The van der Waals surface area contributed by atoms with Crippen LogP contribution < -0.4 is 10.5 Å². The molecule has 0 saturated carbocycles. The average molecular weight is 246 g/mol. The molecule has 2 heterocycles. The van der Waals surface area contributed by atoms with Gasteiger partial charge in [-0.15, -0.1) is 0 Å². The summed E-state index contributed by atoms with van der Waals surface area (Å²) in [4.78, 5) is 2.43. The molecule has 2 aliphatic rings. The number of ether oxygens (including phenoxy) is 1. The molecule has 1 unspecified atom stereocenters.